The zero-order chi connectivity index (χ0) is 24.8. The summed E-state index contributed by atoms with van der Waals surface area (Å²) in [6, 6.07) is 13.0. The van der Waals surface area contributed by atoms with Crippen LogP contribution in [0.3, 0.4) is 0 Å². The second-order valence-electron chi connectivity index (χ2n) is 7.61. The van der Waals surface area contributed by atoms with Crippen LogP contribution >= 0.6 is 0 Å². The van der Waals surface area contributed by atoms with E-state index in [1.807, 2.05) is 6.92 Å². The molecule has 0 saturated heterocycles. The van der Waals surface area contributed by atoms with E-state index in [2.05, 4.69) is 0 Å². The van der Waals surface area contributed by atoms with Crippen LogP contribution in [0.15, 0.2) is 54.6 Å². The van der Waals surface area contributed by atoms with Gasteiger partial charge in [-0.2, -0.15) is 13.2 Å². The van der Waals surface area contributed by atoms with Crippen molar-refractivity contribution in [2.75, 3.05) is 13.2 Å². The molecule has 0 radical (unpaired) electrons. The molecule has 0 aromatic heterocycles. The zero-order valence-corrected chi connectivity index (χ0v) is 19.1. The van der Waals surface area contributed by atoms with Gasteiger partial charge in [0.2, 0.25) is 0 Å². The molecule has 0 aliphatic heterocycles. The van der Waals surface area contributed by atoms with Crippen LogP contribution in [-0.2, 0) is 9.53 Å². The summed E-state index contributed by atoms with van der Waals surface area (Å²) < 4.78 is 52.2. The monoisotopic (exact) mass is 478 g/mol. The van der Waals surface area contributed by atoms with Crippen molar-refractivity contribution in [1.29, 1.82) is 0 Å². The van der Waals surface area contributed by atoms with E-state index in [1.54, 1.807) is 54.6 Å². The number of carbonyl (C=O) groups excluding carboxylic acids is 2. The summed E-state index contributed by atoms with van der Waals surface area (Å²) in [7, 11) is 0. The number of rotatable bonds is 13. The summed E-state index contributed by atoms with van der Waals surface area (Å²) in [5.41, 5.74) is 1.09. The second kappa shape index (κ2) is 14.1. The molecule has 0 spiro atoms. The smallest absolute Gasteiger partial charge is 0.389 e. The molecule has 2 aromatic carbocycles. The standard InChI is InChI=1S/C26H29F3O5/c1-2-3-18-33-24(30)16-9-20-7-12-23(13-8-20)34-25(31)21-10-14-22(15-11-21)32-19-6-4-5-17-26(27,28)29/h7-16H,2-6,17-19H2,1H3/b16-9+. The van der Waals surface area contributed by atoms with Gasteiger partial charge in [0, 0.05) is 12.5 Å². The summed E-state index contributed by atoms with van der Waals surface area (Å²) in [4.78, 5) is 23.9. The van der Waals surface area contributed by atoms with Crippen molar-refractivity contribution in [2.45, 2.75) is 51.6 Å². The van der Waals surface area contributed by atoms with E-state index in [0.717, 1.165) is 18.4 Å². The Balaban J connectivity index is 1.75. The second-order valence-corrected chi connectivity index (χ2v) is 7.61. The highest BCUT2D eigenvalue weighted by molar-refractivity contribution is 5.91. The van der Waals surface area contributed by atoms with Gasteiger partial charge in [0.15, 0.2) is 0 Å². The van der Waals surface area contributed by atoms with Crippen LogP contribution in [0.2, 0.25) is 0 Å². The summed E-state index contributed by atoms with van der Waals surface area (Å²) >= 11 is 0. The van der Waals surface area contributed by atoms with Gasteiger partial charge in [-0.1, -0.05) is 25.5 Å². The Morgan fingerprint density at radius 2 is 1.53 bits per heavy atom. The lowest BCUT2D eigenvalue weighted by Gasteiger charge is -2.08. The fourth-order valence-corrected chi connectivity index (χ4v) is 2.82. The van der Waals surface area contributed by atoms with E-state index >= 15 is 0 Å². The lowest BCUT2D eigenvalue weighted by Crippen LogP contribution is -2.08. The summed E-state index contributed by atoms with van der Waals surface area (Å²) in [5, 5.41) is 0. The van der Waals surface area contributed by atoms with Crippen molar-refractivity contribution in [1.82, 2.24) is 0 Å². The third-order valence-corrected chi connectivity index (χ3v) is 4.71. The SMILES string of the molecule is CCCCOC(=O)/C=C/c1ccc(OC(=O)c2ccc(OCCCCCC(F)(F)F)cc2)cc1. The molecule has 0 aliphatic carbocycles. The van der Waals surface area contributed by atoms with Gasteiger partial charge >= 0.3 is 18.1 Å². The minimum absolute atomic E-state index is 0.0838. The number of hydrogen-bond donors (Lipinski definition) is 0. The molecule has 34 heavy (non-hydrogen) atoms. The molecule has 0 heterocycles. The highest BCUT2D eigenvalue weighted by Crippen LogP contribution is 2.23. The van der Waals surface area contributed by atoms with Crippen LogP contribution in [0.4, 0.5) is 13.2 Å². The molecule has 8 heteroatoms. The lowest BCUT2D eigenvalue weighted by atomic mass is 10.2. The molecule has 0 bridgehead atoms. The van der Waals surface area contributed by atoms with Gasteiger partial charge in [0.05, 0.1) is 18.8 Å². The van der Waals surface area contributed by atoms with Gasteiger partial charge in [-0.3, -0.25) is 0 Å². The normalized spacial score (nSPS) is 11.4. The number of ether oxygens (including phenoxy) is 3. The Hall–Kier alpha value is -3.29. The van der Waals surface area contributed by atoms with Crippen molar-refractivity contribution in [3.63, 3.8) is 0 Å². The maximum Gasteiger partial charge on any atom is 0.389 e. The average molecular weight is 479 g/mol. The van der Waals surface area contributed by atoms with Gasteiger partial charge in [-0.05, 0) is 73.7 Å². The largest absolute Gasteiger partial charge is 0.494 e. The van der Waals surface area contributed by atoms with Gasteiger partial charge in [0.25, 0.3) is 0 Å². The first-order valence-corrected chi connectivity index (χ1v) is 11.2. The minimum Gasteiger partial charge on any atom is -0.494 e. The number of hydrogen-bond acceptors (Lipinski definition) is 5. The zero-order valence-electron chi connectivity index (χ0n) is 19.1. The molecule has 0 saturated carbocycles. The molecule has 0 unspecified atom stereocenters. The maximum absolute atomic E-state index is 12.3. The number of alkyl halides is 3. The molecule has 184 valence electrons. The number of unbranched alkanes of at least 4 members (excludes halogenated alkanes) is 3. The Morgan fingerprint density at radius 1 is 0.853 bits per heavy atom. The highest BCUT2D eigenvalue weighted by Gasteiger charge is 2.25. The van der Waals surface area contributed by atoms with Gasteiger partial charge in [-0.25, -0.2) is 9.59 Å². The first kappa shape index (κ1) is 27.0. The van der Waals surface area contributed by atoms with Gasteiger partial charge in [0.1, 0.15) is 11.5 Å². The van der Waals surface area contributed by atoms with Crippen LogP contribution in [0.1, 0.15) is 61.4 Å². The molecule has 0 amide bonds. The van der Waals surface area contributed by atoms with Crippen LogP contribution in [0, 0.1) is 0 Å². The Labute approximate surface area is 197 Å². The van der Waals surface area contributed by atoms with E-state index < -0.39 is 24.5 Å². The number of carbonyl (C=O) groups is 2. The van der Waals surface area contributed by atoms with Crippen molar-refractivity contribution in [3.8, 4) is 11.5 Å². The molecule has 0 aliphatic rings. The van der Waals surface area contributed by atoms with E-state index in [4.69, 9.17) is 14.2 Å². The van der Waals surface area contributed by atoms with E-state index in [0.29, 0.717) is 43.1 Å². The highest BCUT2D eigenvalue weighted by atomic mass is 19.4. The van der Waals surface area contributed by atoms with Crippen LogP contribution in [0.5, 0.6) is 11.5 Å². The van der Waals surface area contributed by atoms with Gasteiger partial charge < -0.3 is 14.2 Å². The third kappa shape index (κ3) is 11.0. The minimum atomic E-state index is -4.12. The van der Waals surface area contributed by atoms with E-state index in [9.17, 15) is 22.8 Å². The molecule has 2 aromatic rings. The predicted octanol–water partition coefficient (Wildman–Crippen LogP) is 6.76. The number of benzene rings is 2. The summed E-state index contributed by atoms with van der Waals surface area (Å²) in [6.45, 7) is 2.71. The van der Waals surface area contributed by atoms with Crippen LogP contribution in [-0.4, -0.2) is 31.3 Å². The van der Waals surface area contributed by atoms with Crippen molar-refractivity contribution in [2.24, 2.45) is 0 Å². The van der Waals surface area contributed by atoms with Crippen molar-refractivity contribution in [3.05, 3.63) is 65.7 Å². The first-order valence-electron chi connectivity index (χ1n) is 11.2. The Kier molecular flexibility index (Phi) is 11.2. The molecular formula is C26H29F3O5. The van der Waals surface area contributed by atoms with E-state index in [-0.39, 0.29) is 6.42 Å². The van der Waals surface area contributed by atoms with Crippen molar-refractivity contribution < 1.29 is 37.0 Å². The third-order valence-electron chi connectivity index (χ3n) is 4.71. The summed E-state index contributed by atoms with van der Waals surface area (Å²) in [5.74, 6) is -0.0667. The first-order chi connectivity index (χ1) is 16.3. The lowest BCUT2D eigenvalue weighted by molar-refractivity contribution is -0.138. The fourth-order valence-electron chi connectivity index (χ4n) is 2.82. The average Bonchev–Trinajstić information content (AvgIpc) is 2.80. The molecule has 0 fully saturated rings. The van der Waals surface area contributed by atoms with Crippen LogP contribution < -0.4 is 9.47 Å². The molecule has 0 N–H and O–H groups in total. The Morgan fingerprint density at radius 3 is 2.18 bits per heavy atom. The van der Waals surface area contributed by atoms with Crippen LogP contribution in [0.25, 0.3) is 6.08 Å². The number of halogens is 3. The quantitative estimate of drug-likeness (QED) is 0.138. The molecule has 5 nitrogen and oxygen atoms in total. The predicted molar refractivity (Wildman–Crippen MR) is 123 cm³/mol. The molecule has 0 atom stereocenters. The Bertz CT molecular complexity index is 919. The topological polar surface area (TPSA) is 61.8 Å². The summed E-state index contributed by atoms with van der Waals surface area (Å²) in [6.07, 6.45) is 0.881. The maximum atomic E-state index is 12.3. The molecular weight excluding hydrogens is 449 g/mol. The van der Waals surface area contributed by atoms with E-state index in [1.165, 1.54) is 6.08 Å². The number of esters is 2. The van der Waals surface area contributed by atoms with Gasteiger partial charge in [-0.15, -0.1) is 0 Å². The fraction of sp³-hybridized carbons (Fsp3) is 0.385. The van der Waals surface area contributed by atoms with Crippen molar-refractivity contribution >= 4 is 18.0 Å². The molecule has 2 rings (SSSR count).